The molecule has 1 amide bonds. The predicted molar refractivity (Wildman–Crippen MR) is 92.4 cm³/mol. The van der Waals surface area contributed by atoms with Gasteiger partial charge < -0.3 is 10.1 Å². The summed E-state index contributed by atoms with van der Waals surface area (Å²) in [5.74, 6) is 0.470. The Labute approximate surface area is 145 Å². The van der Waals surface area contributed by atoms with Crippen LogP contribution >= 0.6 is 11.3 Å². The molecular weight excluding hydrogens is 326 g/mol. The van der Waals surface area contributed by atoms with E-state index in [1.807, 2.05) is 6.20 Å². The topological polar surface area (TPSA) is 80.2 Å². The number of carbonyl (C=O) groups is 1. The molecule has 3 rings (SSSR count). The van der Waals surface area contributed by atoms with Crippen LogP contribution in [0.1, 0.15) is 36.2 Å². The Morgan fingerprint density at radius 1 is 1.29 bits per heavy atom. The first-order chi connectivity index (χ1) is 11.6. The lowest BCUT2D eigenvalue weighted by molar-refractivity contribution is -0.114. The van der Waals surface area contributed by atoms with Crippen molar-refractivity contribution in [3.05, 3.63) is 28.7 Å². The molecule has 24 heavy (non-hydrogen) atoms. The van der Waals surface area contributed by atoms with Gasteiger partial charge in [0.2, 0.25) is 11.8 Å². The number of aromatic nitrogens is 3. The number of hydrogen-bond acceptors (Lipinski definition) is 7. The number of nitrogens with zero attached hydrogens (tertiary/aromatic N) is 4. The van der Waals surface area contributed by atoms with Crippen LogP contribution in [0.3, 0.4) is 0 Å². The monoisotopic (exact) mass is 347 g/mol. The molecule has 0 unspecified atom stereocenters. The van der Waals surface area contributed by atoms with E-state index in [4.69, 9.17) is 4.74 Å². The van der Waals surface area contributed by atoms with Crippen molar-refractivity contribution in [3.63, 3.8) is 0 Å². The Kier molecular flexibility index (Phi) is 5.06. The molecule has 0 saturated heterocycles. The molecule has 1 N–H and O–H groups in total. The van der Waals surface area contributed by atoms with E-state index < -0.39 is 0 Å². The highest BCUT2D eigenvalue weighted by atomic mass is 32.1. The fourth-order valence-corrected chi connectivity index (χ4v) is 3.76. The van der Waals surface area contributed by atoms with Gasteiger partial charge in [0.15, 0.2) is 5.13 Å². The molecule has 8 heteroatoms. The van der Waals surface area contributed by atoms with Crippen LogP contribution in [0.4, 0.5) is 5.13 Å². The van der Waals surface area contributed by atoms with Gasteiger partial charge in [-0.05, 0) is 6.92 Å². The quantitative estimate of drug-likeness (QED) is 0.912. The zero-order valence-electron chi connectivity index (χ0n) is 14.1. The third-order valence-electron chi connectivity index (χ3n) is 4.16. The molecule has 0 aromatic carbocycles. The summed E-state index contributed by atoms with van der Waals surface area (Å²) in [6.07, 6.45) is 5.24. The van der Waals surface area contributed by atoms with Crippen LogP contribution in [-0.2, 0) is 17.6 Å². The van der Waals surface area contributed by atoms with Crippen molar-refractivity contribution >= 4 is 22.4 Å². The van der Waals surface area contributed by atoms with Crippen LogP contribution in [0, 0.1) is 0 Å². The van der Waals surface area contributed by atoms with E-state index in [9.17, 15) is 4.79 Å². The Balaban J connectivity index is 1.70. The molecule has 2 aromatic heterocycles. The van der Waals surface area contributed by atoms with E-state index >= 15 is 0 Å². The first kappa shape index (κ1) is 16.8. The number of nitrogens with one attached hydrogen (secondary N) is 1. The number of methoxy groups -OCH3 is 1. The van der Waals surface area contributed by atoms with Gasteiger partial charge in [-0.15, -0.1) is 11.3 Å². The summed E-state index contributed by atoms with van der Waals surface area (Å²) in [5.41, 5.74) is 2.07. The molecule has 0 radical (unpaired) electrons. The summed E-state index contributed by atoms with van der Waals surface area (Å²) in [4.78, 5) is 28.0. The first-order valence-corrected chi connectivity index (χ1v) is 8.74. The van der Waals surface area contributed by atoms with Crippen molar-refractivity contribution in [2.45, 2.75) is 32.7 Å². The van der Waals surface area contributed by atoms with Crippen molar-refractivity contribution in [3.8, 4) is 5.88 Å². The van der Waals surface area contributed by atoms with E-state index in [1.165, 1.54) is 18.3 Å². The number of ether oxygens (including phenoxy) is 1. The molecule has 2 aromatic rings. The minimum atomic E-state index is -0.0973. The van der Waals surface area contributed by atoms with Gasteiger partial charge in [0.25, 0.3) is 0 Å². The van der Waals surface area contributed by atoms with Gasteiger partial charge in [0.05, 0.1) is 24.7 Å². The predicted octanol–water partition coefficient (Wildman–Crippen LogP) is 2.06. The fraction of sp³-hybridized carbons (Fsp3) is 0.500. The van der Waals surface area contributed by atoms with Crippen LogP contribution in [0.5, 0.6) is 5.88 Å². The van der Waals surface area contributed by atoms with E-state index in [0.29, 0.717) is 11.0 Å². The maximum atomic E-state index is 11.1. The summed E-state index contributed by atoms with van der Waals surface area (Å²) < 4.78 is 5.17. The molecule has 0 aliphatic carbocycles. The van der Waals surface area contributed by atoms with Crippen LogP contribution in [0.15, 0.2) is 12.4 Å². The number of anilines is 1. The smallest absolute Gasteiger partial charge is 0.232 e. The highest BCUT2D eigenvalue weighted by Crippen LogP contribution is 2.29. The largest absolute Gasteiger partial charge is 0.480 e. The van der Waals surface area contributed by atoms with Crippen molar-refractivity contribution in [2.75, 3.05) is 25.5 Å². The zero-order chi connectivity index (χ0) is 17.1. The van der Waals surface area contributed by atoms with Gasteiger partial charge in [-0.1, -0.05) is 0 Å². The van der Waals surface area contributed by atoms with E-state index in [0.717, 1.165) is 42.2 Å². The van der Waals surface area contributed by atoms with Crippen molar-refractivity contribution in [2.24, 2.45) is 0 Å². The maximum Gasteiger partial charge on any atom is 0.232 e. The van der Waals surface area contributed by atoms with Crippen LogP contribution in [0.25, 0.3) is 0 Å². The summed E-state index contributed by atoms with van der Waals surface area (Å²) in [7, 11) is 1.61. The molecule has 1 atom stereocenters. The van der Waals surface area contributed by atoms with Crippen molar-refractivity contribution in [1.29, 1.82) is 0 Å². The van der Waals surface area contributed by atoms with Gasteiger partial charge in [0.1, 0.15) is 0 Å². The van der Waals surface area contributed by atoms with Crippen molar-refractivity contribution in [1.82, 2.24) is 19.9 Å². The molecule has 0 bridgehead atoms. The summed E-state index contributed by atoms with van der Waals surface area (Å²) in [6, 6.07) is 0.237. The summed E-state index contributed by atoms with van der Waals surface area (Å²) >= 11 is 1.52. The van der Waals surface area contributed by atoms with Crippen LogP contribution < -0.4 is 10.1 Å². The lowest BCUT2D eigenvalue weighted by Gasteiger charge is -2.26. The Morgan fingerprint density at radius 3 is 2.75 bits per heavy atom. The molecule has 7 nitrogen and oxygen atoms in total. The highest BCUT2D eigenvalue weighted by molar-refractivity contribution is 7.15. The van der Waals surface area contributed by atoms with Crippen molar-refractivity contribution < 1.29 is 9.53 Å². The van der Waals surface area contributed by atoms with E-state index in [1.54, 1.807) is 13.3 Å². The SMILES string of the molecule is COc1cnc2c(n1)CCN([C@@H](C)c1cnc(NC(C)=O)s1)CC2. The summed E-state index contributed by atoms with van der Waals surface area (Å²) in [5, 5.41) is 3.39. The first-order valence-electron chi connectivity index (χ1n) is 7.93. The molecule has 3 heterocycles. The zero-order valence-corrected chi connectivity index (χ0v) is 14.9. The second-order valence-corrected chi connectivity index (χ2v) is 6.83. The molecule has 0 fully saturated rings. The van der Waals surface area contributed by atoms with Gasteiger partial charge in [-0.3, -0.25) is 14.7 Å². The molecule has 1 aliphatic rings. The normalized spacial score (nSPS) is 16.1. The van der Waals surface area contributed by atoms with Gasteiger partial charge in [-0.25, -0.2) is 9.97 Å². The number of hydrogen-bond donors (Lipinski definition) is 1. The maximum absolute atomic E-state index is 11.1. The van der Waals surface area contributed by atoms with Crippen LogP contribution in [-0.4, -0.2) is 46.0 Å². The molecule has 0 spiro atoms. The third-order valence-corrected chi connectivity index (χ3v) is 5.24. The van der Waals surface area contributed by atoms with E-state index in [-0.39, 0.29) is 11.9 Å². The second-order valence-electron chi connectivity index (χ2n) is 5.77. The summed E-state index contributed by atoms with van der Waals surface area (Å²) in [6.45, 7) is 5.49. The number of carbonyl (C=O) groups excluding carboxylic acids is 1. The average molecular weight is 347 g/mol. The van der Waals surface area contributed by atoms with Gasteiger partial charge in [-0.2, -0.15) is 0 Å². The number of thiazole rings is 1. The standard InChI is InChI=1S/C16H21N5O2S/c1-10(14-8-18-16(24-14)19-11(2)22)21-6-4-12-13(5-7-21)20-15(23-3)9-17-12/h8-10H,4-7H2,1-3H3,(H,18,19,22)/t10-/m0/s1. The lowest BCUT2D eigenvalue weighted by atomic mass is 10.2. The van der Waals surface area contributed by atoms with E-state index in [2.05, 4.69) is 32.1 Å². The Bertz CT molecular complexity index is 733. The van der Waals surface area contributed by atoms with Gasteiger partial charge in [0, 0.05) is 50.0 Å². The fourth-order valence-electron chi connectivity index (χ4n) is 2.81. The molecule has 0 saturated carbocycles. The minimum Gasteiger partial charge on any atom is -0.480 e. The number of fused-ring (bicyclic) bond motifs is 1. The van der Waals surface area contributed by atoms with Gasteiger partial charge >= 0.3 is 0 Å². The Morgan fingerprint density at radius 2 is 2.04 bits per heavy atom. The minimum absolute atomic E-state index is 0.0973. The average Bonchev–Trinajstić information content (AvgIpc) is 2.91. The number of rotatable bonds is 4. The lowest BCUT2D eigenvalue weighted by Crippen LogP contribution is -2.29. The second kappa shape index (κ2) is 7.23. The molecular formula is C16H21N5O2S. The molecule has 1 aliphatic heterocycles. The number of amides is 1. The highest BCUT2D eigenvalue weighted by Gasteiger charge is 2.23. The Hall–Kier alpha value is -2.06. The molecule has 128 valence electrons. The van der Waals surface area contributed by atoms with Crippen LogP contribution in [0.2, 0.25) is 0 Å². The third kappa shape index (κ3) is 3.70.